The lowest BCUT2D eigenvalue weighted by molar-refractivity contribution is -0.129. The number of methoxy groups -OCH3 is 1. The van der Waals surface area contributed by atoms with Gasteiger partial charge in [-0.05, 0) is 62.5 Å². The van der Waals surface area contributed by atoms with Crippen LogP contribution < -0.4 is 4.74 Å². The molecule has 5 aromatic rings. The minimum Gasteiger partial charge on any atom is -0.490 e. The van der Waals surface area contributed by atoms with E-state index < -0.39 is 11.6 Å². The number of likely N-dealkylation sites (tertiary alicyclic amines) is 1. The molecule has 0 N–H and O–H groups in total. The number of carbonyl (C=O) groups excluding carboxylic acids is 1. The Morgan fingerprint density at radius 1 is 1.06 bits per heavy atom. The Morgan fingerprint density at radius 3 is 2.60 bits per heavy atom. The molecule has 1 fully saturated rings. The first-order valence-corrected chi connectivity index (χ1v) is 17.0. The summed E-state index contributed by atoms with van der Waals surface area (Å²) in [4.78, 5) is 22.0. The van der Waals surface area contributed by atoms with E-state index in [9.17, 15) is 9.18 Å². The first-order valence-electron chi connectivity index (χ1n) is 16.1. The van der Waals surface area contributed by atoms with E-state index in [0.29, 0.717) is 36.1 Å². The van der Waals surface area contributed by atoms with Crippen molar-refractivity contribution in [3.8, 4) is 39.5 Å². The second-order valence-corrected chi connectivity index (χ2v) is 13.2. The Hall–Kier alpha value is -4.45. The molecule has 8 nitrogen and oxygen atoms in total. The largest absolute Gasteiger partial charge is 0.490 e. The van der Waals surface area contributed by atoms with Crippen molar-refractivity contribution >= 4 is 27.3 Å². The van der Waals surface area contributed by atoms with Gasteiger partial charge in [0.1, 0.15) is 35.4 Å². The number of nitrogens with zero attached hydrogens (tertiary/aromatic N) is 5. The molecule has 2 aliphatic heterocycles. The van der Waals surface area contributed by atoms with Crippen LogP contribution >= 0.6 is 11.3 Å². The van der Waals surface area contributed by atoms with E-state index in [4.69, 9.17) is 19.6 Å². The number of fused-ring (bicyclic) bond motifs is 2. The molecule has 0 saturated carbocycles. The third kappa shape index (κ3) is 5.69. The molecule has 0 bridgehead atoms. The van der Waals surface area contributed by atoms with Crippen molar-refractivity contribution in [3.05, 3.63) is 89.5 Å². The van der Waals surface area contributed by atoms with Gasteiger partial charge in [0.05, 0.1) is 36.1 Å². The zero-order chi connectivity index (χ0) is 33.5. The standard InChI is InChI=1S/C37H37F2N5O3S/c1-5-32(45)43-14-15-44-30(22(43)2)21-28(41-44)36-34(33-27(39)19-25(38)20-31(33)47-17-16-46-4)37-26(12-18-48-37)35(40-36)24-10-8-23(9-11-24)29-7-6-13-42(29)3/h5,8-12,18-22,29H,1,6-7,13-17H2,2-4H3/t22-,29+/m1/s1. The van der Waals surface area contributed by atoms with Crippen LogP contribution in [0.5, 0.6) is 5.75 Å². The minimum atomic E-state index is -0.766. The van der Waals surface area contributed by atoms with Gasteiger partial charge in [-0.2, -0.15) is 5.10 Å². The van der Waals surface area contributed by atoms with Crippen LogP contribution in [0.25, 0.3) is 43.9 Å². The predicted octanol–water partition coefficient (Wildman–Crippen LogP) is 7.65. The molecule has 5 heterocycles. The van der Waals surface area contributed by atoms with Gasteiger partial charge in [-0.1, -0.05) is 30.8 Å². The Bertz CT molecular complexity index is 2010. The van der Waals surface area contributed by atoms with Gasteiger partial charge in [0.25, 0.3) is 0 Å². The Labute approximate surface area is 282 Å². The van der Waals surface area contributed by atoms with Gasteiger partial charge in [-0.15, -0.1) is 11.3 Å². The van der Waals surface area contributed by atoms with Crippen LogP contribution in [0.4, 0.5) is 8.78 Å². The summed E-state index contributed by atoms with van der Waals surface area (Å²) in [6.45, 7) is 8.00. The third-order valence-corrected chi connectivity index (χ3v) is 10.4. The number of hydrogen-bond acceptors (Lipinski definition) is 7. The highest BCUT2D eigenvalue weighted by atomic mass is 32.1. The van der Waals surface area contributed by atoms with Crippen molar-refractivity contribution in [2.24, 2.45) is 0 Å². The summed E-state index contributed by atoms with van der Waals surface area (Å²) in [7, 11) is 3.70. The quantitative estimate of drug-likeness (QED) is 0.119. The molecule has 2 atom stereocenters. The number of aromatic nitrogens is 3. The molecule has 0 radical (unpaired) electrons. The molecule has 11 heteroatoms. The van der Waals surface area contributed by atoms with Gasteiger partial charge in [-0.3, -0.25) is 14.4 Å². The van der Waals surface area contributed by atoms with Crippen LogP contribution in [0.2, 0.25) is 0 Å². The summed E-state index contributed by atoms with van der Waals surface area (Å²) in [5.74, 6) is -1.61. The molecule has 0 spiro atoms. The van der Waals surface area contributed by atoms with Gasteiger partial charge in [0.2, 0.25) is 5.91 Å². The highest BCUT2D eigenvalue weighted by molar-refractivity contribution is 7.18. The first-order chi connectivity index (χ1) is 23.3. The van der Waals surface area contributed by atoms with Crippen LogP contribution in [0.15, 0.2) is 66.6 Å². The van der Waals surface area contributed by atoms with E-state index in [2.05, 4.69) is 42.8 Å². The summed E-state index contributed by atoms with van der Waals surface area (Å²) in [6, 6.07) is 14.6. The zero-order valence-corrected chi connectivity index (χ0v) is 28.0. The first kappa shape index (κ1) is 32.1. The van der Waals surface area contributed by atoms with Crippen LogP contribution in [0.3, 0.4) is 0 Å². The number of pyridine rings is 1. The van der Waals surface area contributed by atoms with Crippen LogP contribution in [-0.2, 0) is 16.1 Å². The van der Waals surface area contributed by atoms with Gasteiger partial charge >= 0.3 is 0 Å². The normalized spacial score (nSPS) is 18.0. The van der Waals surface area contributed by atoms with Crippen LogP contribution in [0.1, 0.15) is 43.1 Å². The average molecular weight is 670 g/mol. The molecule has 0 aliphatic carbocycles. The van der Waals surface area contributed by atoms with E-state index in [-0.39, 0.29) is 36.5 Å². The second-order valence-electron chi connectivity index (χ2n) is 12.3. The number of thiophene rings is 1. The van der Waals surface area contributed by atoms with Crippen molar-refractivity contribution in [3.63, 3.8) is 0 Å². The maximum atomic E-state index is 16.1. The summed E-state index contributed by atoms with van der Waals surface area (Å²) in [6.07, 6.45) is 3.62. The van der Waals surface area contributed by atoms with E-state index >= 15 is 4.39 Å². The molecule has 0 unspecified atom stereocenters. The van der Waals surface area contributed by atoms with E-state index in [1.807, 2.05) is 29.1 Å². The minimum absolute atomic E-state index is 0.0557. The Kier molecular flexibility index (Phi) is 8.84. The lowest BCUT2D eigenvalue weighted by Crippen LogP contribution is -2.40. The Balaban J connectivity index is 1.44. The third-order valence-electron chi connectivity index (χ3n) is 9.47. The van der Waals surface area contributed by atoms with Gasteiger partial charge in [0, 0.05) is 53.0 Å². The number of hydrogen-bond donors (Lipinski definition) is 0. The van der Waals surface area contributed by atoms with Crippen LogP contribution in [0, 0.1) is 11.6 Å². The fraction of sp³-hybridized carbons (Fsp3) is 0.324. The number of carbonyl (C=O) groups is 1. The summed E-state index contributed by atoms with van der Waals surface area (Å²) in [5, 5.41) is 7.76. The van der Waals surface area contributed by atoms with Crippen LogP contribution in [-0.4, -0.2) is 70.9 Å². The fourth-order valence-electron chi connectivity index (χ4n) is 7.03. The molecule has 7 rings (SSSR count). The smallest absolute Gasteiger partial charge is 0.246 e. The molecule has 1 saturated heterocycles. The number of rotatable bonds is 9. The number of benzene rings is 2. The second kappa shape index (κ2) is 13.2. The summed E-state index contributed by atoms with van der Waals surface area (Å²) in [5.41, 5.74) is 5.29. The lowest BCUT2D eigenvalue weighted by atomic mass is 9.95. The lowest BCUT2D eigenvalue weighted by Gasteiger charge is -2.33. The fourth-order valence-corrected chi connectivity index (χ4v) is 7.98. The molecular formula is C37H37F2N5O3S. The van der Waals surface area contributed by atoms with Gasteiger partial charge < -0.3 is 14.4 Å². The van der Waals surface area contributed by atoms with E-state index in [0.717, 1.165) is 46.1 Å². The number of halogens is 2. The average Bonchev–Trinajstić information content (AvgIpc) is 3.85. The molecule has 2 aliphatic rings. The monoisotopic (exact) mass is 669 g/mol. The van der Waals surface area contributed by atoms with Crippen molar-refractivity contribution in [2.75, 3.05) is 40.5 Å². The SMILES string of the molecule is C=CC(=O)N1CCn2nc(-c3nc(-c4ccc([C@@H]5CCCN5C)cc4)c4ccsc4c3-c3c(F)cc(F)cc3OCCOC)cc2[C@H]1C. The number of amides is 1. The van der Waals surface area contributed by atoms with Gasteiger partial charge in [0.15, 0.2) is 0 Å². The predicted molar refractivity (Wildman–Crippen MR) is 184 cm³/mol. The maximum Gasteiger partial charge on any atom is 0.246 e. The van der Waals surface area contributed by atoms with Crippen molar-refractivity contribution in [1.29, 1.82) is 0 Å². The van der Waals surface area contributed by atoms with Crippen molar-refractivity contribution in [2.45, 2.75) is 38.4 Å². The highest BCUT2D eigenvalue weighted by Crippen LogP contribution is 2.47. The topological polar surface area (TPSA) is 72.7 Å². The van der Waals surface area contributed by atoms with Crippen molar-refractivity contribution < 1.29 is 23.0 Å². The van der Waals surface area contributed by atoms with E-state index in [1.165, 1.54) is 42.6 Å². The molecule has 1 amide bonds. The highest BCUT2D eigenvalue weighted by Gasteiger charge is 2.31. The molecule has 248 valence electrons. The molecule has 2 aromatic carbocycles. The van der Waals surface area contributed by atoms with Gasteiger partial charge in [-0.25, -0.2) is 13.8 Å². The maximum absolute atomic E-state index is 16.1. The molecular weight excluding hydrogens is 633 g/mol. The molecule has 3 aromatic heterocycles. The molecule has 48 heavy (non-hydrogen) atoms. The number of ether oxygens (including phenoxy) is 2. The van der Waals surface area contributed by atoms with Crippen molar-refractivity contribution in [1.82, 2.24) is 24.6 Å². The Morgan fingerprint density at radius 2 is 1.88 bits per heavy atom. The summed E-state index contributed by atoms with van der Waals surface area (Å²) < 4.78 is 44.5. The zero-order valence-electron chi connectivity index (χ0n) is 27.2. The van der Waals surface area contributed by atoms with E-state index in [1.54, 1.807) is 4.90 Å². The summed E-state index contributed by atoms with van der Waals surface area (Å²) >= 11 is 1.46.